The van der Waals surface area contributed by atoms with Crippen LogP contribution in [0.3, 0.4) is 0 Å². The predicted octanol–water partition coefficient (Wildman–Crippen LogP) is 1.07. The van der Waals surface area contributed by atoms with Crippen molar-refractivity contribution in [1.29, 1.82) is 0 Å². The summed E-state index contributed by atoms with van der Waals surface area (Å²) >= 11 is 4.53. The van der Waals surface area contributed by atoms with Crippen molar-refractivity contribution in [2.45, 2.75) is 37.3 Å². The van der Waals surface area contributed by atoms with E-state index in [-0.39, 0.29) is 0 Å². The Morgan fingerprint density at radius 3 is 1.92 bits per heavy atom. The second-order valence-corrected chi connectivity index (χ2v) is 6.91. The molecule has 1 saturated carbocycles. The molecule has 3 N–H and O–H groups in total. The Morgan fingerprint density at radius 1 is 1.23 bits per heavy atom. The molecule has 0 amide bonds. The van der Waals surface area contributed by atoms with Gasteiger partial charge in [-0.2, -0.15) is 0 Å². The zero-order valence-corrected chi connectivity index (χ0v) is 8.85. The topological polar surface area (TPSA) is 77.8 Å². The zero-order valence-electron chi connectivity index (χ0n) is 7.14. The van der Waals surface area contributed by atoms with E-state index in [2.05, 4.69) is 11.8 Å². The maximum atomic E-state index is 11.0. The van der Waals surface area contributed by atoms with Crippen LogP contribution < -0.4 is 0 Å². The number of rotatable bonds is 2. The van der Waals surface area contributed by atoms with E-state index in [1.54, 1.807) is 0 Å². The first-order valence-corrected chi connectivity index (χ1v) is 6.90. The van der Waals surface area contributed by atoms with Gasteiger partial charge in [-0.05, 0) is 24.6 Å². The average molecular weight is 224 g/mol. The summed E-state index contributed by atoms with van der Waals surface area (Å²) in [5.74, 6) is -1.15. The van der Waals surface area contributed by atoms with Crippen LogP contribution in [0.15, 0.2) is 0 Å². The maximum absolute atomic E-state index is 11.0. The van der Waals surface area contributed by atoms with Gasteiger partial charge in [-0.15, -0.1) is 0 Å². The molecule has 0 unspecified atom stereocenters. The van der Waals surface area contributed by atoms with E-state index in [1.807, 2.05) is 0 Å². The van der Waals surface area contributed by atoms with Gasteiger partial charge in [0.15, 0.2) is 0 Å². The van der Waals surface area contributed by atoms with Crippen LogP contribution in [-0.2, 0) is 16.6 Å². The first-order chi connectivity index (χ1) is 5.90. The van der Waals surface area contributed by atoms with Crippen molar-refractivity contribution in [2.75, 3.05) is 0 Å². The Hall–Kier alpha value is 0.0400. The number of carboxylic acid groups (broad SMARTS) is 1. The summed E-state index contributed by atoms with van der Waals surface area (Å²) in [6.07, 6.45) is 2.97. The molecule has 0 aromatic heterocycles. The van der Waals surface area contributed by atoms with Gasteiger partial charge in [-0.1, -0.05) is 19.3 Å². The summed E-state index contributed by atoms with van der Waals surface area (Å²) in [4.78, 5) is 29.7. The van der Waals surface area contributed by atoms with Gasteiger partial charge in [0, 0.05) is 0 Å². The molecule has 0 aromatic carbocycles. The lowest BCUT2D eigenvalue weighted by atomic mass is 9.88. The lowest BCUT2D eigenvalue weighted by molar-refractivity contribution is -0.141. The van der Waals surface area contributed by atoms with E-state index in [1.165, 1.54) is 0 Å². The third-order valence-corrected chi connectivity index (χ3v) is 5.44. The highest BCUT2D eigenvalue weighted by molar-refractivity contribution is 8.10. The van der Waals surface area contributed by atoms with Crippen molar-refractivity contribution in [1.82, 2.24) is 0 Å². The standard InChI is InChI=1S/C7H13O4PS/c8-6(9)7(12(10,11)13)4-2-1-3-5-7/h1-5H2,(H,8,9)(H2,10,11,13). The lowest BCUT2D eigenvalue weighted by Gasteiger charge is -2.35. The van der Waals surface area contributed by atoms with Gasteiger partial charge in [-0.25, -0.2) is 0 Å². The minimum atomic E-state index is -3.69. The predicted molar refractivity (Wildman–Crippen MR) is 52.2 cm³/mol. The normalized spacial score (nSPS) is 22.6. The molecular formula is C7H13O4PS. The van der Waals surface area contributed by atoms with E-state index < -0.39 is 17.6 Å². The van der Waals surface area contributed by atoms with Gasteiger partial charge < -0.3 is 14.9 Å². The molecule has 1 aliphatic rings. The average Bonchev–Trinajstić information content (AvgIpc) is 2.03. The molecule has 0 aliphatic heterocycles. The number of hydrogen-bond acceptors (Lipinski definition) is 2. The summed E-state index contributed by atoms with van der Waals surface area (Å²) in [6, 6.07) is 0. The highest BCUT2D eigenvalue weighted by Gasteiger charge is 2.50. The second kappa shape index (κ2) is 3.65. The van der Waals surface area contributed by atoms with E-state index in [0.29, 0.717) is 25.7 Å². The molecule has 0 bridgehead atoms. The SMILES string of the molecule is O=C(O)C1(P(O)(O)=S)CCCCC1. The first-order valence-electron chi connectivity index (χ1n) is 4.19. The molecule has 6 heteroatoms. The molecule has 0 aromatic rings. The number of carboxylic acids is 1. The van der Waals surface area contributed by atoms with Gasteiger partial charge in [-0.3, -0.25) is 4.79 Å². The van der Waals surface area contributed by atoms with E-state index in [4.69, 9.17) is 5.11 Å². The molecule has 0 radical (unpaired) electrons. The summed E-state index contributed by atoms with van der Waals surface area (Å²) < 4.78 is 0. The molecule has 1 aliphatic carbocycles. The molecule has 0 spiro atoms. The van der Waals surface area contributed by atoms with Crippen LogP contribution in [-0.4, -0.2) is 26.0 Å². The Balaban J connectivity index is 3.00. The zero-order chi connectivity index (χ0) is 10.1. The summed E-state index contributed by atoms with van der Waals surface area (Å²) in [7, 11) is 0. The minimum Gasteiger partial charge on any atom is -0.480 e. The Bertz CT molecular complexity index is 253. The van der Waals surface area contributed by atoms with E-state index in [0.717, 1.165) is 6.42 Å². The largest absolute Gasteiger partial charge is 0.480 e. The van der Waals surface area contributed by atoms with Gasteiger partial charge in [0.25, 0.3) is 0 Å². The monoisotopic (exact) mass is 224 g/mol. The lowest BCUT2D eigenvalue weighted by Crippen LogP contribution is -2.40. The van der Waals surface area contributed by atoms with E-state index in [9.17, 15) is 14.6 Å². The third-order valence-electron chi connectivity index (χ3n) is 2.64. The molecular weight excluding hydrogens is 211 g/mol. The highest BCUT2D eigenvalue weighted by Crippen LogP contribution is 2.57. The summed E-state index contributed by atoms with van der Waals surface area (Å²) in [6.45, 7) is -3.69. The molecule has 13 heavy (non-hydrogen) atoms. The van der Waals surface area contributed by atoms with Gasteiger partial charge in [0.2, 0.25) is 6.49 Å². The van der Waals surface area contributed by atoms with Crippen molar-refractivity contribution >= 4 is 24.3 Å². The van der Waals surface area contributed by atoms with Crippen LogP contribution in [0.2, 0.25) is 0 Å². The highest BCUT2D eigenvalue weighted by atomic mass is 32.5. The van der Waals surface area contributed by atoms with Crippen molar-refractivity contribution in [3.63, 3.8) is 0 Å². The first kappa shape index (κ1) is 11.1. The summed E-state index contributed by atoms with van der Waals surface area (Å²) in [5.41, 5.74) is 0. The van der Waals surface area contributed by atoms with Gasteiger partial charge >= 0.3 is 5.97 Å². The smallest absolute Gasteiger partial charge is 0.319 e. The Kier molecular flexibility index (Phi) is 3.12. The Labute approximate surface area is 81.8 Å². The van der Waals surface area contributed by atoms with Crippen LogP contribution in [0.1, 0.15) is 32.1 Å². The van der Waals surface area contributed by atoms with Crippen molar-refractivity contribution in [3.05, 3.63) is 0 Å². The molecule has 0 saturated heterocycles. The molecule has 1 fully saturated rings. The summed E-state index contributed by atoms with van der Waals surface area (Å²) in [5, 5.41) is 7.54. The fourth-order valence-corrected chi connectivity index (χ4v) is 3.70. The van der Waals surface area contributed by atoms with Crippen LogP contribution >= 0.6 is 6.49 Å². The number of hydrogen-bond donors (Lipinski definition) is 3. The van der Waals surface area contributed by atoms with Gasteiger partial charge in [0.05, 0.1) is 0 Å². The molecule has 1 rings (SSSR count). The minimum absolute atomic E-state index is 0.298. The molecule has 0 atom stereocenters. The Morgan fingerprint density at radius 2 is 1.69 bits per heavy atom. The number of aliphatic carboxylic acids is 1. The molecule has 0 heterocycles. The van der Waals surface area contributed by atoms with Crippen molar-refractivity contribution < 1.29 is 19.7 Å². The molecule has 76 valence electrons. The van der Waals surface area contributed by atoms with Crippen molar-refractivity contribution in [3.8, 4) is 0 Å². The van der Waals surface area contributed by atoms with Gasteiger partial charge in [0.1, 0.15) is 5.16 Å². The van der Waals surface area contributed by atoms with E-state index >= 15 is 0 Å². The van der Waals surface area contributed by atoms with Crippen LogP contribution in [0.25, 0.3) is 0 Å². The molecule has 4 nitrogen and oxygen atoms in total. The van der Waals surface area contributed by atoms with Crippen LogP contribution in [0.4, 0.5) is 0 Å². The van der Waals surface area contributed by atoms with Crippen molar-refractivity contribution in [2.24, 2.45) is 0 Å². The third kappa shape index (κ3) is 1.94. The maximum Gasteiger partial charge on any atom is 0.319 e. The quantitative estimate of drug-likeness (QED) is 0.611. The second-order valence-electron chi connectivity index (χ2n) is 3.44. The number of carbonyl (C=O) groups is 1. The fourth-order valence-electron chi connectivity index (χ4n) is 1.77. The fraction of sp³-hybridized carbons (Fsp3) is 0.857. The van der Waals surface area contributed by atoms with Crippen LogP contribution in [0, 0.1) is 0 Å². The van der Waals surface area contributed by atoms with Crippen LogP contribution in [0.5, 0.6) is 0 Å².